The van der Waals surface area contributed by atoms with Gasteiger partial charge in [0.2, 0.25) is 0 Å². The van der Waals surface area contributed by atoms with Crippen molar-refractivity contribution in [2.24, 2.45) is 0 Å². The normalized spacial score (nSPS) is 10.8. The maximum Gasteiger partial charge on any atom is 0.173 e. The lowest BCUT2D eigenvalue weighted by atomic mass is 10.2. The van der Waals surface area contributed by atoms with Gasteiger partial charge in [-0.2, -0.15) is 0 Å². The van der Waals surface area contributed by atoms with Crippen molar-refractivity contribution in [3.8, 4) is 0 Å². The Morgan fingerprint density at radius 2 is 1.79 bits per heavy atom. The van der Waals surface area contributed by atoms with Gasteiger partial charge < -0.3 is 15.1 Å². The molecule has 0 aliphatic carbocycles. The van der Waals surface area contributed by atoms with E-state index in [1.165, 1.54) is 10.4 Å². The first-order chi connectivity index (χ1) is 11.6. The van der Waals surface area contributed by atoms with Crippen molar-refractivity contribution in [3.05, 3.63) is 52.2 Å². The molecule has 0 bridgehead atoms. The van der Waals surface area contributed by atoms with Gasteiger partial charge in [-0.15, -0.1) is 11.3 Å². The molecule has 0 atom stereocenters. The molecule has 0 fully saturated rings. The second-order valence-corrected chi connectivity index (χ2v) is 7.24. The molecule has 130 valence electrons. The van der Waals surface area contributed by atoms with Crippen molar-refractivity contribution < 1.29 is 0 Å². The number of nitrogens with one attached hydrogen (secondary N) is 1. The van der Waals surface area contributed by atoms with E-state index < -0.39 is 0 Å². The SMILES string of the molecule is CCN(CC)CCN(Cc1cccs1)C(=S)Nc1ccc(C)cc1. The number of benzene rings is 1. The number of anilines is 1. The topological polar surface area (TPSA) is 18.5 Å². The molecule has 2 aromatic rings. The van der Waals surface area contributed by atoms with Crippen LogP contribution < -0.4 is 5.32 Å². The van der Waals surface area contributed by atoms with Crippen LogP contribution in [0, 0.1) is 6.92 Å². The van der Waals surface area contributed by atoms with E-state index in [9.17, 15) is 0 Å². The monoisotopic (exact) mass is 361 g/mol. The zero-order valence-corrected chi connectivity index (χ0v) is 16.4. The third kappa shape index (κ3) is 5.89. The molecule has 24 heavy (non-hydrogen) atoms. The number of nitrogens with zero attached hydrogens (tertiary/aromatic N) is 2. The molecule has 0 spiro atoms. The van der Waals surface area contributed by atoms with Crippen LogP contribution in [0.5, 0.6) is 0 Å². The number of hydrogen-bond donors (Lipinski definition) is 1. The predicted molar refractivity (Wildman–Crippen MR) is 110 cm³/mol. The van der Waals surface area contributed by atoms with E-state index in [0.717, 1.165) is 43.5 Å². The fourth-order valence-electron chi connectivity index (χ4n) is 2.48. The largest absolute Gasteiger partial charge is 0.343 e. The summed E-state index contributed by atoms with van der Waals surface area (Å²) in [6.45, 7) is 11.5. The number of likely N-dealkylation sites (N-methyl/N-ethyl adjacent to an activating group) is 1. The first-order valence-electron chi connectivity index (χ1n) is 8.49. The summed E-state index contributed by atoms with van der Waals surface area (Å²) in [5.41, 5.74) is 2.30. The fourth-order valence-corrected chi connectivity index (χ4v) is 3.48. The van der Waals surface area contributed by atoms with Crippen molar-refractivity contribution in [3.63, 3.8) is 0 Å². The molecular formula is C19H27N3S2. The highest BCUT2D eigenvalue weighted by atomic mass is 32.1. The molecule has 1 aromatic carbocycles. The number of aryl methyl sites for hydroxylation is 1. The summed E-state index contributed by atoms with van der Waals surface area (Å²) in [4.78, 5) is 6.03. The van der Waals surface area contributed by atoms with Gasteiger partial charge in [0, 0.05) is 23.7 Å². The summed E-state index contributed by atoms with van der Waals surface area (Å²) in [6, 6.07) is 12.6. The van der Waals surface area contributed by atoms with Crippen molar-refractivity contribution in [2.45, 2.75) is 27.3 Å². The summed E-state index contributed by atoms with van der Waals surface area (Å²) >= 11 is 7.47. The van der Waals surface area contributed by atoms with Crippen LogP contribution >= 0.6 is 23.6 Å². The molecule has 0 aliphatic rings. The summed E-state index contributed by atoms with van der Waals surface area (Å²) in [7, 11) is 0. The Morgan fingerprint density at radius 1 is 1.08 bits per heavy atom. The maximum absolute atomic E-state index is 5.69. The molecule has 1 N–H and O–H groups in total. The van der Waals surface area contributed by atoms with E-state index >= 15 is 0 Å². The number of thiocarbonyl (C=S) groups is 1. The van der Waals surface area contributed by atoms with Gasteiger partial charge in [-0.25, -0.2) is 0 Å². The Labute approximate surface area is 155 Å². The smallest absolute Gasteiger partial charge is 0.173 e. The van der Waals surface area contributed by atoms with E-state index in [4.69, 9.17) is 12.2 Å². The Morgan fingerprint density at radius 3 is 2.38 bits per heavy atom. The highest BCUT2D eigenvalue weighted by Crippen LogP contribution is 2.15. The standard InChI is InChI=1S/C19H27N3S2/c1-4-21(5-2)12-13-22(15-18-7-6-14-24-18)19(23)20-17-10-8-16(3)9-11-17/h6-11,14H,4-5,12-13,15H2,1-3H3,(H,20,23). The van der Waals surface area contributed by atoms with Gasteiger partial charge in [0.05, 0.1) is 6.54 Å². The van der Waals surface area contributed by atoms with Crippen LogP contribution in [0.4, 0.5) is 5.69 Å². The quantitative estimate of drug-likeness (QED) is 0.693. The van der Waals surface area contributed by atoms with Crippen LogP contribution in [0.25, 0.3) is 0 Å². The number of thiophene rings is 1. The number of rotatable bonds is 8. The van der Waals surface area contributed by atoms with Crippen LogP contribution in [0.2, 0.25) is 0 Å². The minimum Gasteiger partial charge on any atom is -0.343 e. The lowest BCUT2D eigenvalue weighted by Gasteiger charge is -2.28. The highest BCUT2D eigenvalue weighted by molar-refractivity contribution is 7.80. The molecule has 0 aliphatic heterocycles. The molecule has 0 saturated carbocycles. The Balaban J connectivity index is 2.02. The molecular weight excluding hydrogens is 334 g/mol. The van der Waals surface area contributed by atoms with Gasteiger partial charge in [0.15, 0.2) is 5.11 Å². The van der Waals surface area contributed by atoms with Crippen LogP contribution in [-0.4, -0.2) is 41.1 Å². The average Bonchev–Trinajstić information content (AvgIpc) is 3.09. The first kappa shape index (κ1) is 18.9. The number of hydrogen-bond acceptors (Lipinski definition) is 3. The molecule has 3 nitrogen and oxygen atoms in total. The third-order valence-electron chi connectivity index (χ3n) is 4.10. The average molecular weight is 362 g/mol. The van der Waals surface area contributed by atoms with Crippen LogP contribution in [0.1, 0.15) is 24.3 Å². The predicted octanol–water partition coefficient (Wildman–Crippen LogP) is 4.60. The highest BCUT2D eigenvalue weighted by Gasteiger charge is 2.13. The molecule has 5 heteroatoms. The zero-order chi connectivity index (χ0) is 17.4. The second-order valence-electron chi connectivity index (χ2n) is 5.82. The second kappa shape index (κ2) is 9.77. The first-order valence-corrected chi connectivity index (χ1v) is 9.78. The van der Waals surface area contributed by atoms with E-state index in [-0.39, 0.29) is 0 Å². The summed E-state index contributed by atoms with van der Waals surface area (Å²) in [6.07, 6.45) is 0. The Kier molecular flexibility index (Phi) is 7.69. The zero-order valence-electron chi connectivity index (χ0n) is 14.8. The van der Waals surface area contributed by atoms with Crippen molar-refractivity contribution in [1.29, 1.82) is 0 Å². The van der Waals surface area contributed by atoms with E-state index in [0.29, 0.717) is 0 Å². The molecule has 0 saturated heterocycles. The molecule has 0 radical (unpaired) electrons. The van der Waals surface area contributed by atoms with Crippen molar-refractivity contribution >= 4 is 34.4 Å². The van der Waals surface area contributed by atoms with Crippen molar-refractivity contribution in [2.75, 3.05) is 31.5 Å². The summed E-state index contributed by atoms with van der Waals surface area (Å²) in [5, 5.41) is 6.30. The molecule has 1 aromatic heterocycles. The van der Waals surface area contributed by atoms with Gasteiger partial charge >= 0.3 is 0 Å². The molecule has 2 rings (SSSR count). The summed E-state index contributed by atoms with van der Waals surface area (Å²) in [5.74, 6) is 0. The lowest BCUT2D eigenvalue weighted by molar-refractivity contribution is 0.267. The van der Waals surface area contributed by atoms with E-state index in [1.54, 1.807) is 11.3 Å². The van der Waals surface area contributed by atoms with Gasteiger partial charge in [0.1, 0.15) is 0 Å². The minimum atomic E-state index is 0.791. The molecule has 1 heterocycles. The van der Waals surface area contributed by atoms with Crippen LogP contribution in [0.3, 0.4) is 0 Å². The van der Waals surface area contributed by atoms with Gasteiger partial charge in [0.25, 0.3) is 0 Å². The van der Waals surface area contributed by atoms with Gasteiger partial charge in [-0.05, 0) is 55.8 Å². The Bertz CT molecular complexity index is 604. The lowest BCUT2D eigenvalue weighted by Crippen LogP contribution is -2.40. The van der Waals surface area contributed by atoms with E-state index in [1.807, 2.05) is 0 Å². The molecule has 0 unspecified atom stereocenters. The third-order valence-corrected chi connectivity index (χ3v) is 5.32. The molecule has 0 amide bonds. The Hall–Kier alpha value is -1.43. The minimum absolute atomic E-state index is 0.791. The van der Waals surface area contributed by atoms with Gasteiger partial charge in [-0.1, -0.05) is 37.6 Å². The van der Waals surface area contributed by atoms with Crippen LogP contribution in [-0.2, 0) is 6.54 Å². The summed E-state index contributed by atoms with van der Waals surface area (Å²) < 4.78 is 0. The van der Waals surface area contributed by atoms with Crippen LogP contribution in [0.15, 0.2) is 41.8 Å². The fraction of sp³-hybridized carbons (Fsp3) is 0.421. The van der Waals surface area contributed by atoms with E-state index in [2.05, 4.69) is 77.7 Å². The van der Waals surface area contributed by atoms with Crippen molar-refractivity contribution in [1.82, 2.24) is 9.80 Å². The maximum atomic E-state index is 5.69. The van der Waals surface area contributed by atoms with Gasteiger partial charge in [-0.3, -0.25) is 0 Å².